The highest BCUT2D eigenvalue weighted by Gasteiger charge is 2.20. The van der Waals surface area contributed by atoms with Crippen molar-refractivity contribution in [3.8, 4) is 0 Å². The van der Waals surface area contributed by atoms with E-state index in [-0.39, 0.29) is 17.2 Å². The van der Waals surface area contributed by atoms with Crippen molar-refractivity contribution in [2.75, 3.05) is 0 Å². The van der Waals surface area contributed by atoms with Crippen LogP contribution in [0, 0.1) is 0 Å². The number of ether oxygens (including phenoxy) is 1. The quantitative estimate of drug-likeness (QED) is 0.689. The molecule has 4 heteroatoms. The van der Waals surface area contributed by atoms with Gasteiger partial charge in [-0.1, -0.05) is 51.7 Å². The molecule has 0 spiro atoms. The molecule has 4 nitrogen and oxygen atoms in total. The van der Waals surface area contributed by atoms with Gasteiger partial charge in [0, 0.05) is 0 Å². The van der Waals surface area contributed by atoms with Gasteiger partial charge in [-0.2, -0.15) is 0 Å². The van der Waals surface area contributed by atoms with Crippen LogP contribution in [0.4, 0.5) is 0 Å². The van der Waals surface area contributed by atoms with E-state index in [1.165, 1.54) is 12.1 Å². The number of hydrogen-bond donors (Lipinski definition) is 1. The lowest BCUT2D eigenvalue weighted by atomic mass is 10.1. The SMILES string of the molecule is CCCCC(CCCC)OC(=O)c1ccccc1C(=O)O. The van der Waals surface area contributed by atoms with Gasteiger partial charge in [-0.25, -0.2) is 9.59 Å². The normalized spacial score (nSPS) is 10.6. The summed E-state index contributed by atoms with van der Waals surface area (Å²) in [5.41, 5.74) is 0.121. The van der Waals surface area contributed by atoms with Gasteiger partial charge < -0.3 is 9.84 Å². The third-order valence-electron chi connectivity index (χ3n) is 3.41. The second-order valence-corrected chi connectivity index (χ2v) is 5.16. The second-order valence-electron chi connectivity index (χ2n) is 5.16. The average molecular weight is 292 g/mol. The lowest BCUT2D eigenvalue weighted by Crippen LogP contribution is -2.20. The molecular formula is C17H24O4. The standard InChI is InChI=1S/C17H24O4/c1-3-5-9-13(10-6-4-2)21-17(20)15-12-8-7-11-14(15)16(18)19/h7-8,11-13H,3-6,9-10H2,1-2H3,(H,18,19). The van der Waals surface area contributed by atoms with E-state index in [1.54, 1.807) is 12.1 Å². The van der Waals surface area contributed by atoms with Gasteiger partial charge in [0.05, 0.1) is 11.1 Å². The molecule has 0 amide bonds. The Morgan fingerprint density at radius 3 is 2.05 bits per heavy atom. The molecule has 0 fully saturated rings. The molecule has 0 radical (unpaired) electrons. The van der Waals surface area contributed by atoms with Crippen LogP contribution in [0.1, 0.15) is 73.1 Å². The maximum atomic E-state index is 12.2. The van der Waals surface area contributed by atoms with E-state index in [0.717, 1.165) is 38.5 Å². The summed E-state index contributed by atoms with van der Waals surface area (Å²) in [7, 11) is 0. The zero-order chi connectivity index (χ0) is 15.7. The molecule has 0 aromatic heterocycles. The molecule has 0 aliphatic carbocycles. The number of aromatic carboxylic acids is 1. The first-order valence-electron chi connectivity index (χ1n) is 7.63. The predicted molar refractivity (Wildman–Crippen MR) is 81.7 cm³/mol. The summed E-state index contributed by atoms with van der Waals surface area (Å²) < 4.78 is 5.53. The van der Waals surface area contributed by atoms with Crippen molar-refractivity contribution in [1.82, 2.24) is 0 Å². The Labute approximate surface area is 126 Å². The fraction of sp³-hybridized carbons (Fsp3) is 0.529. The third kappa shape index (κ3) is 5.58. The first-order valence-corrected chi connectivity index (χ1v) is 7.63. The summed E-state index contributed by atoms with van der Waals surface area (Å²) in [6.07, 6.45) is 5.64. The Balaban J connectivity index is 2.78. The summed E-state index contributed by atoms with van der Waals surface area (Å²) in [6, 6.07) is 6.18. The molecule has 0 unspecified atom stereocenters. The van der Waals surface area contributed by atoms with Crippen molar-refractivity contribution in [2.24, 2.45) is 0 Å². The summed E-state index contributed by atoms with van der Waals surface area (Å²) in [4.78, 5) is 23.4. The predicted octanol–water partition coefficient (Wildman–Crippen LogP) is 4.29. The van der Waals surface area contributed by atoms with Crippen LogP contribution in [0.2, 0.25) is 0 Å². The van der Waals surface area contributed by atoms with Crippen molar-refractivity contribution in [3.63, 3.8) is 0 Å². The Hall–Kier alpha value is -1.84. The summed E-state index contributed by atoms with van der Waals surface area (Å²) in [6.45, 7) is 4.19. The number of hydrogen-bond acceptors (Lipinski definition) is 3. The zero-order valence-corrected chi connectivity index (χ0v) is 12.8. The number of carbonyl (C=O) groups excluding carboxylic acids is 1. The molecule has 0 aliphatic heterocycles. The Bertz CT molecular complexity index is 460. The molecule has 0 atom stereocenters. The van der Waals surface area contributed by atoms with Crippen molar-refractivity contribution in [1.29, 1.82) is 0 Å². The molecule has 1 aromatic rings. The molecule has 0 saturated heterocycles. The van der Waals surface area contributed by atoms with E-state index >= 15 is 0 Å². The lowest BCUT2D eigenvalue weighted by molar-refractivity contribution is 0.0246. The highest BCUT2D eigenvalue weighted by Crippen LogP contribution is 2.17. The number of esters is 1. The fourth-order valence-electron chi connectivity index (χ4n) is 2.19. The maximum Gasteiger partial charge on any atom is 0.339 e. The lowest BCUT2D eigenvalue weighted by Gasteiger charge is -2.18. The number of rotatable bonds is 9. The van der Waals surface area contributed by atoms with Crippen LogP contribution >= 0.6 is 0 Å². The summed E-state index contributed by atoms with van der Waals surface area (Å²) in [5, 5.41) is 9.12. The molecule has 116 valence electrons. The van der Waals surface area contributed by atoms with E-state index in [4.69, 9.17) is 9.84 Å². The largest absolute Gasteiger partial charge is 0.478 e. The van der Waals surface area contributed by atoms with Gasteiger partial charge in [0.1, 0.15) is 6.10 Å². The smallest absolute Gasteiger partial charge is 0.339 e. The van der Waals surface area contributed by atoms with Crippen LogP contribution in [0.15, 0.2) is 24.3 Å². The molecule has 0 bridgehead atoms. The van der Waals surface area contributed by atoms with Gasteiger partial charge in [-0.3, -0.25) is 0 Å². The van der Waals surface area contributed by atoms with Crippen LogP contribution in [0.3, 0.4) is 0 Å². The average Bonchev–Trinajstić information content (AvgIpc) is 2.49. The van der Waals surface area contributed by atoms with E-state index in [2.05, 4.69) is 13.8 Å². The van der Waals surface area contributed by atoms with Crippen LogP contribution in [0.25, 0.3) is 0 Å². The van der Waals surface area contributed by atoms with Crippen molar-refractivity contribution < 1.29 is 19.4 Å². The van der Waals surface area contributed by atoms with Crippen LogP contribution in [-0.2, 0) is 4.74 Å². The van der Waals surface area contributed by atoms with Gasteiger partial charge in [0.15, 0.2) is 0 Å². The Kier molecular flexibility index (Phi) is 7.51. The number of carbonyl (C=O) groups is 2. The van der Waals surface area contributed by atoms with Crippen LogP contribution < -0.4 is 0 Å². The number of unbranched alkanes of at least 4 members (excludes halogenated alkanes) is 2. The molecule has 0 heterocycles. The highest BCUT2D eigenvalue weighted by molar-refractivity contribution is 6.02. The van der Waals surface area contributed by atoms with Crippen LogP contribution in [-0.4, -0.2) is 23.1 Å². The topological polar surface area (TPSA) is 63.6 Å². The van der Waals surface area contributed by atoms with Crippen LogP contribution in [0.5, 0.6) is 0 Å². The third-order valence-corrected chi connectivity index (χ3v) is 3.41. The summed E-state index contributed by atoms with van der Waals surface area (Å²) >= 11 is 0. The second kappa shape index (κ2) is 9.16. The molecule has 0 saturated carbocycles. The number of carboxylic acids is 1. The van der Waals surface area contributed by atoms with Gasteiger partial charge in [0.2, 0.25) is 0 Å². The van der Waals surface area contributed by atoms with Crippen molar-refractivity contribution >= 4 is 11.9 Å². The Morgan fingerprint density at radius 1 is 1.05 bits per heavy atom. The van der Waals surface area contributed by atoms with Gasteiger partial charge in [-0.05, 0) is 25.0 Å². The Morgan fingerprint density at radius 2 is 1.57 bits per heavy atom. The first kappa shape index (κ1) is 17.2. The van der Waals surface area contributed by atoms with E-state index in [0.29, 0.717) is 0 Å². The number of carboxylic acid groups (broad SMARTS) is 1. The molecule has 1 N–H and O–H groups in total. The minimum absolute atomic E-state index is 0.00719. The van der Waals surface area contributed by atoms with E-state index in [1.807, 2.05) is 0 Å². The van der Waals surface area contributed by atoms with Gasteiger partial charge in [0.25, 0.3) is 0 Å². The maximum absolute atomic E-state index is 12.2. The minimum atomic E-state index is -1.11. The number of benzene rings is 1. The van der Waals surface area contributed by atoms with Crippen molar-refractivity contribution in [3.05, 3.63) is 35.4 Å². The molecule has 21 heavy (non-hydrogen) atoms. The first-order chi connectivity index (χ1) is 10.1. The molecular weight excluding hydrogens is 268 g/mol. The van der Waals surface area contributed by atoms with Gasteiger partial charge >= 0.3 is 11.9 Å². The summed E-state index contributed by atoms with van der Waals surface area (Å²) in [5.74, 6) is -1.65. The van der Waals surface area contributed by atoms with E-state index < -0.39 is 11.9 Å². The van der Waals surface area contributed by atoms with Gasteiger partial charge in [-0.15, -0.1) is 0 Å². The van der Waals surface area contributed by atoms with E-state index in [9.17, 15) is 9.59 Å². The molecule has 1 rings (SSSR count). The fourth-order valence-corrected chi connectivity index (χ4v) is 2.19. The van der Waals surface area contributed by atoms with Crippen molar-refractivity contribution in [2.45, 2.75) is 58.5 Å². The highest BCUT2D eigenvalue weighted by atomic mass is 16.5. The monoisotopic (exact) mass is 292 g/mol. The zero-order valence-electron chi connectivity index (χ0n) is 12.8. The minimum Gasteiger partial charge on any atom is -0.478 e. The molecule has 1 aromatic carbocycles. The molecule has 0 aliphatic rings.